The lowest BCUT2D eigenvalue weighted by Gasteiger charge is -2.31. The monoisotopic (exact) mass is 286 g/mol. The molecule has 1 saturated heterocycles. The van der Waals surface area contributed by atoms with E-state index in [0.717, 1.165) is 42.7 Å². The molecule has 1 fully saturated rings. The van der Waals surface area contributed by atoms with E-state index in [9.17, 15) is 10.1 Å². The topological polar surface area (TPSA) is 85.3 Å². The first-order valence-electron chi connectivity index (χ1n) is 7.10. The normalized spacial score (nSPS) is 16.4. The van der Waals surface area contributed by atoms with Gasteiger partial charge in [-0.3, -0.25) is 10.1 Å². The van der Waals surface area contributed by atoms with Crippen molar-refractivity contribution in [3.63, 3.8) is 0 Å². The van der Waals surface area contributed by atoms with Gasteiger partial charge in [0, 0.05) is 36.8 Å². The third-order valence-corrected chi connectivity index (χ3v) is 4.02. The first kappa shape index (κ1) is 13.8. The molecular weight excluding hydrogens is 268 g/mol. The molecule has 2 N–H and O–H groups in total. The average Bonchev–Trinajstić information content (AvgIpc) is 2.46. The third kappa shape index (κ3) is 2.54. The SMILES string of the molecule is Cc1cc([N+](=O)[O-])c2ccnc(N3CCC(N)CC3)c2c1. The van der Waals surface area contributed by atoms with E-state index in [-0.39, 0.29) is 16.7 Å². The molecule has 6 nitrogen and oxygen atoms in total. The van der Waals surface area contributed by atoms with Gasteiger partial charge in [0.05, 0.1) is 10.3 Å². The number of pyridine rings is 1. The van der Waals surface area contributed by atoms with Crippen LogP contribution in [0.15, 0.2) is 24.4 Å². The van der Waals surface area contributed by atoms with Gasteiger partial charge in [-0.25, -0.2) is 4.98 Å². The summed E-state index contributed by atoms with van der Waals surface area (Å²) in [5.41, 5.74) is 6.95. The van der Waals surface area contributed by atoms with Crippen LogP contribution in [-0.4, -0.2) is 29.0 Å². The van der Waals surface area contributed by atoms with Crippen LogP contribution in [0.25, 0.3) is 10.8 Å². The number of nitrogens with zero attached hydrogens (tertiary/aromatic N) is 3. The van der Waals surface area contributed by atoms with Crippen LogP contribution in [0, 0.1) is 17.0 Å². The van der Waals surface area contributed by atoms with Crippen molar-refractivity contribution in [2.75, 3.05) is 18.0 Å². The molecule has 3 rings (SSSR count). The van der Waals surface area contributed by atoms with Crippen LogP contribution < -0.4 is 10.6 Å². The molecule has 0 amide bonds. The number of fused-ring (bicyclic) bond motifs is 1. The summed E-state index contributed by atoms with van der Waals surface area (Å²) in [7, 11) is 0. The molecule has 2 aromatic rings. The van der Waals surface area contributed by atoms with Crippen LogP contribution in [-0.2, 0) is 0 Å². The smallest absolute Gasteiger partial charge is 0.277 e. The molecule has 0 aliphatic carbocycles. The predicted molar refractivity (Wildman–Crippen MR) is 82.6 cm³/mol. The number of nitro benzene ring substituents is 1. The minimum absolute atomic E-state index is 0.141. The molecule has 1 aliphatic rings. The maximum absolute atomic E-state index is 11.3. The fourth-order valence-electron chi connectivity index (χ4n) is 2.90. The number of benzene rings is 1. The number of non-ortho nitro benzene ring substituents is 1. The summed E-state index contributed by atoms with van der Waals surface area (Å²) in [6, 6.07) is 5.54. The number of aryl methyl sites for hydroxylation is 1. The van der Waals surface area contributed by atoms with E-state index < -0.39 is 0 Å². The zero-order chi connectivity index (χ0) is 15.0. The van der Waals surface area contributed by atoms with Crippen molar-refractivity contribution in [1.29, 1.82) is 0 Å². The quantitative estimate of drug-likeness (QED) is 0.676. The molecule has 2 heterocycles. The van der Waals surface area contributed by atoms with E-state index in [1.807, 2.05) is 13.0 Å². The Labute approximate surface area is 122 Å². The second-order valence-corrected chi connectivity index (χ2v) is 5.60. The highest BCUT2D eigenvalue weighted by Gasteiger charge is 2.21. The van der Waals surface area contributed by atoms with Crippen LogP contribution >= 0.6 is 0 Å². The zero-order valence-corrected chi connectivity index (χ0v) is 12.0. The molecule has 0 spiro atoms. The number of piperidine rings is 1. The van der Waals surface area contributed by atoms with Crippen LogP contribution in [0.4, 0.5) is 11.5 Å². The number of anilines is 1. The van der Waals surface area contributed by atoms with Crippen LogP contribution in [0.5, 0.6) is 0 Å². The maximum Gasteiger partial charge on any atom is 0.277 e. The molecule has 0 radical (unpaired) electrons. The molecule has 1 aromatic heterocycles. The fraction of sp³-hybridized carbons (Fsp3) is 0.400. The molecule has 0 atom stereocenters. The van der Waals surface area contributed by atoms with Crippen molar-refractivity contribution in [2.24, 2.45) is 5.73 Å². The van der Waals surface area contributed by atoms with Gasteiger partial charge in [-0.1, -0.05) is 0 Å². The summed E-state index contributed by atoms with van der Waals surface area (Å²) in [5, 5.41) is 12.7. The lowest BCUT2D eigenvalue weighted by molar-refractivity contribution is -0.383. The number of nitro groups is 1. The van der Waals surface area contributed by atoms with E-state index in [1.54, 1.807) is 18.3 Å². The Morgan fingerprint density at radius 2 is 2.05 bits per heavy atom. The number of hydrogen-bond donors (Lipinski definition) is 1. The largest absolute Gasteiger partial charge is 0.356 e. The van der Waals surface area contributed by atoms with E-state index in [0.29, 0.717) is 5.39 Å². The maximum atomic E-state index is 11.3. The minimum atomic E-state index is -0.328. The molecule has 0 unspecified atom stereocenters. The van der Waals surface area contributed by atoms with Crippen LogP contribution in [0.1, 0.15) is 18.4 Å². The van der Waals surface area contributed by atoms with Crippen LogP contribution in [0.3, 0.4) is 0 Å². The highest BCUT2D eigenvalue weighted by Crippen LogP contribution is 2.33. The minimum Gasteiger partial charge on any atom is -0.356 e. The molecule has 0 bridgehead atoms. The Hall–Kier alpha value is -2.21. The summed E-state index contributed by atoms with van der Waals surface area (Å²) >= 11 is 0. The van der Waals surface area contributed by atoms with Gasteiger partial charge in [-0.05, 0) is 37.5 Å². The number of hydrogen-bond acceptors (Lipinski definition) is 5. The summed E-state index contributed by atoms with van der Waals surface area (Å²) < 4.78 is 0. The molecule has 6 heteroatoms. The molecule has 1 aliphatic heterocycles. The van der Waals surface area contributed by atoms with E-state index >= 15 is 0 Å². The number of aromatic nitrogens is 1. The van der Waals surface area contributed by atoms with Gasteiger partial charge in [-0.15, -0.1) is 0 Å². The highest BCUT2D eigenvalue weighted by atomic mass is 16.6. The predicted octanol–water partition coefficient (Wildman–Crippen LogP) is 2.38. The summed E-state index contributed by atoms with van der Waals surface area (Å²) in [6.07, 6.45) is 3.49. The van der Waals surface area contributed by atoms with Crippen molar-refractivity contribution < 1.29 is 4.92 Å². The standard InChI is InChI=1S/C15H18N4O2/c1-10-8-13-12(14(9-10)19(20)21)2-5-17-15(13)18-6-3-11(16)4-7-18/h2,5,8-9,11H,3-4,6-7,16H2,1H3. The van der Waals surface area contributed by atoms with E-state index in [2.05, 4.69) is 9.88 Å². The van der Waals surface area contributed by atoms with Crippen molar-refractivity contribution >= 4 is 22.3 Å². The van der Waals surface area contributed by atoms with Crippen molar-refractivity contribution in [2.45, 2.75) is 25.8 Å². The first-order chi connectivity index (χ1) is 10.1. The van der Waals surface area contributed by atoms with E-state index in [4.69, 9.17) is 5.73 Å². The fourth-order valence-corrected chi connectivity index (χ4v) is 2.90. The lowest BCUT2D eigenvalue weighted by Crippen LogP contribution is -2.40. The van der Waals surface area contributed by atoms with Gasteiger partial charge < -0.3 is 10.6 Å². The second kappa shape index (κ2) is 5.29. The average molecular weight is 286 g/mol. The van der Waals surface area contributed by atoms with Gasteiger partial charge in [0.2, 0.25) is 0 Å². The Bertz CT molecular complexity index is 693. The Morgan fingerprint density at radius 3 is 2.71 bits per heavy atom. The molecule has 0 saturated carbocycles. The van der Waals surface area contributed by atoms with Gasteiger partial charge in [0.25, 0.3) is 5.69 Å². The number of nitrogens with two attached hydrogens (primary N) is 1. The first-order valence-corrected chi connectivity index (χ1v) is 7.10. The highest BCUT2D eigenvalue weighted by molar-refractivity contribution is 5.98. The molecule has 1 aromatic carbocycles. The van der Waals surface area contributed by atoms with Gasteiger partial charge >= 0.3 is 0 Å². The van der Waals surface area contributed by atoms with Gasteiger partial charge in [0.1, 0.15) is 5.82 Å². The van der Waals surface area contributed by atoms with Crippen molar-refractivity contribution in [3.8, 4) is 0 Å². The van der Waals surface area contributed by atoms with E-state index in [1.165, 1.54) is 0 Å². The number of rotatable bonds is 2. The third-order valence-electron chi connectivity index (χ3n) is 4.02. The Morgan fingerprint density at radius 1 is 1.33 bits per heavy atom. The summed E-state index contributed by atoms with van der Waals surface area (Å²) in [5.74, 6) is 0.825. The zero-order valence-electron chi connectivity index (χ0n) is 12.0. The summed E-state index contributed by atoms with van der Waals surface area (Å²) in [6.45, 7) is 3.55. The lowest BCUT2D eigenvalue weighted by atomic mass is 10.0. The summed E-state index contributed by atoms with van der Waals surface area (Å²) in [4.78, 5) is 17.6. The Balaban J connectivity index is 2.13. The van der Waals surface area contributed by atoms with Crippen LogP contribution in [0.2, 0.25) is 0 Å². The van der Waals surface area contributed by atoms with Crippen molar-refractivity contribution in [3.05, 3.63) is 40.1 Å². The Kier molecular flexibility index (Phi) is 3.47. The van der Waals surface area contributed by atoms with Gasteiger partial charge in [0.15, 0.2) is 0 Å². The second-order valence-electron chi connectivity index (χ2n) is 5.60. The van der Waals surface area contributed by atoms with Crippen molar-refractivity contribution in [1.82, 2.24) is 4.98 Å². The molecule has 21 heavy (non-hydrogen) atoms. The molecular formula is C15H18N4O2. The van der Waals surface area contributed by atoms with Gasteiger partial charge in [-0.2, -0.15) is 0 Å². The molecule has 110 valence electrons.